The molecule has 2 aromatic carbocycles. The van der Waals surface area contributed by atoms with Crippen LogP contribution in [0.5, 0.6) is 5.75 Å². The van der Waals surface area contributed by atoms with Crippen LogP contribution < -0.4 is 4.74 Å². The van der Waals surface area contributed by atoms with Crippen molar-refractivity contribution < 1.29 is 22.7 Å². The molecule has 0 heterocycles. The lowest BCUT2D eigenvalue weighted by Crippen LogP contribution is -2.12. The third-order valence-corrected chi connectivity index (χ3v) is 2.42. The first-order chi connectivity index (χ1) is 9.06. The minimum atomic E-state index is -0.756. The number of carbonyl (C=O) groups is 1. The van der Waals surface area contributed by atoms with Crippen molar-refractivity contribution in [2.75, 3.05) is 6.61 Å². The molecule has 2 aromatic rings. The van der Waals surface area contributed by atoms with Gasteiger partial charge in [-0.25, -0.2) is 13.2 Å². The number of halogens is 3. The van der Waals surface area contributed by atoms with Gasteiger partial charge in [-0.3, -0.25) is 4.79 Å². The quantitative estimate of drug-likeness (QED) is 0.793. The molecule has 0 fully saturated rings. The monoisotopic (exact) mass is 266 g/mol. The molecule has 0 saturated carbocycles. The van der Waals surface area contributed by atoms with Crippen molar-refractivity contribution in [1.29, 1.82) is 0 Å². The molecule has 0 saturated heterocycles. The summed E-state index contributed by atoms with van der Waals surface area (Å²) in [4.78, 5) is 11.7. The average molecular weight is 266 g/mol. The summed E-state index contributed by atoms with van der Waals surface area (Å²) in [6, 6.07) is 7.57. The minimum Gasteiger partial charge on any atom is -0.482 e. The number of hydrogen-bond acceptors (Lipinski definition) is 2. The third kappa shape index (κ3) is 3.34. The van der Waals surface area contributed by atoms with Gasteiger partial charge in [0.25, 0.3) is 0 Å². The number of rotatable bonds is 4. The fourth-order valence-corrected chi connectivity index (χ4v) is 1.45. The molecule has 0 amide bonds. The van der Waals surface area contributed by atoms with Gasteiger partial charge in [-0.2, -0.15) is 0 Å². The molecule has 0 aliphatic rings. The summed E-state index contributed by atoms with van der Waals surface area (Å²) in [5.74, 6) is -2.67. The molecular formula is C14H9F3O2. The molecule has 0 aliphatic carbocycles. The van der Waals surface area contributed by atoms with Crippen molar-refractivity contribution in [2.45, 2.75) is 0 Å². The van der Waals surface area contributed by atoms with E-state index in [1.165, 1.54) is 12.1 Å². The van der Waals surface area contributed by atoms with E-state index in [-0.39, 0.29) is 11.3 Å². The molecule has 0 aliphatic heterocycles. The number of benzene rings is 2. The zero-order valence-corrected chi connectivity index (χ0v) is 9.70. The standard InChI is InChI=1S/C14H9F3O2/c15-10-3-1-9(2-4-10)13(18)8-19-14-7-11(16)5-6-12(14)17/h1-7H,8H2. The highest BCUT2D eigenvalue weighted by Gasteiger charge is 2.10. The van der Waals surface area contributed by atoms with E-state index in [0.29, 0.717) is 0 Å². The van der Waals surface area contributed by atoms with Crippen molar-refractivity contribution in [3.63, 3.8) is 0 Å². The van der Waals surface area contributed by atoms with Crippen LogP contribution in [0.25, 0.3) is 0 Å². The summed E-state index contributed by atoms with van der Waals surface area (Å²) in [5.41, 5.74) is 0.234. The lowest BCUT2D eigenvalue weighted by atomic mass is 10.1. The predicted molar refractivity (Wildman–Crippen MR) is 62.6 cm³/mol. The van der Waals surface area contributed by atoms with Crippen LogP contribution in [0, 0.1) is 17.5 Å². The SMILES string of the molecule is O=C(COc1cc(F)ccc1F)c1ccc(F)cc1. The molecule has 19 heavy (non-hydrogen) atoms. The van der Waals surface area contributed by atoms with Gasteiger partial charge in [-0.1, -0.05) is 0 Å². The molecule has 0 radical (unpaired) electrons. The van der Waals surface area contributed by atoms with Gasteiger partial charge in [0.15, 0.2) is 24.0 Å². The number of ketones is 1. The maximum absolute atomic E-state index is 13.2. The summed E-state index contributed by atoms with van der Waals surface area (Å²) in [6.07, 6.45) is 0. The molecule has 98 valence electrons. The van der Waals surface area contributed by atoms with Gasteiger partial charge in [0, 0.05) is 11.6 Å². The van der Waals surface area contributed by atoms with Crippen LogP contribution in [0.4, 0.5) is 13.2 Å². The van der Waals surface area contributed by atoms with Crippen molar-refractivity contribution in [2.24, 2.45) is 0 Å². The Hall–Kier alpha value is -2.30. The van der Waals surface area contributed by atoms with Gasteiger partial charge in [0.1, 0.15) is 11.6 Å². The Labute approximate surface area is 107 Å². The summed E-state index contributed by atoms with van der Waals surface area (Å²) in [6.45, 7) is -0.452. The van der Waals surface area contributed by atoms with Crippen molar-refractivity contribution >= 4 is 5.78 Å². The second-order valence-electron chi connectivity index (χ2n) is 3.79. The summed E-state index contributed by atoms with van der Waals surface area (Å²) < 4.78 is 43.7. The van der Waals surface area contributed by atoms with E-state index < -0.39 is 29.8 Å². The molecule has 0 unspecified atom stereocenters. The van der Waals surface area contributed by atoms with Crippen LogP contribution in [0.2, 0.25) is 0 Å². The maximum Gasteiger partial charge on any atom is 0.200 e. The normalized spacial score (nSPS) is 10.3. The maximum atomic E-state index is 13.2. The Morgan fingerprint density at radius 1 is 0.947 bits per heavy atom. The zero-order chi connectivity index (χ0) is 13.8. The lowest BCUT2D eigenvalue weighted by Gasteiger charge is -2.06. The first kappa shape index (κ1) is 13.1. The number of hydrogen-bond donors (Lipinski definition) is 0. The van der Waals surface area contributed by atoms with Gasteiger partial charge < -0.3 is 4.74 Å². The molecule has 0 atom stereocenters. The fourth-order valence-electron chi connectivity index (χ4n) is 1.45. The second-order valence-corrected chi connectivity index (χ2v) is 3.79. The van der Waals surface area contributed by atoms with Gasteiger partial charge in [0.2, 0.25) is 0 Å². The largest absolute Gasteiger partial charge is 0.482 e. The van der Waals surface area contributed by atoms with E-state index in [0.717, 1.165) is 30.3 Å². The van der Waals surface area contributed by atoms with E-state index in [4.69, 9.17) is 4.74 Å². The smallest absolute Gasteiger partial charge is 0.200 e. The minimum absolute atomic E-state index is 0.234. The molecule has 0 spiro atoms. The molecular weight excluding hydrogens is 257 g/mol. The number of carbonyl (C=O) groups excluding carboxylic acids is 1. The van der Waals surface area contributed by atoms with Crippen molar-refractivity contribution in [3.8, 4) is 5.75 Å². The van der Waals surface area contributed by atoms with Gasteiger partial charge in [0.05, 0.1) is 0 Å². The lowest BCUT2D eigenvalue weighted by molar-refractivity contribution is 0.0918. The van der Waals surface area contributed by atoms with E-state index in [2.05, 4.69) is 0 Å². The summed E-state index contributed by atoms with van der Waals surface area (Å²) >= 11 is 0. The molecule has 2 nitrogen and oxygen atoms in total. The molecule has 2 rings (SSSR count). The van der Waals surface area contributed by atoms with Crippen LogP contribution in [0.3, 0.4) is 0 Å². The zero-order valence-electron chi connectivity index (χ0n) is 9.70. The fraction of sp³-hybridized carbons (Fsp3) is 0.0714. The van der Waals surface area contributed by atoms with Crippen molar-refractivity contribution in [1.82, 2.24) is 0 Å². The van der Waals surface area contributed by atoms with E-state index >= 15 is 0 Å². The first-order valence-corrected chi connectivity index (χ1v) is 5.43. The Balaban J connectivity index is 2.04. The highest BCUT2D eigenvalue weighted by atomic mass is 19.1. The van der Waals surface area contributed by atoms with E-state index in [9.17, 15) is 18.0 Å². The Kier molecular flexibility index (Phi) is 3.85. The van der Waals surface area contributed by atoms with Gasteiger partial charge >= 0.3 is 0 Å². The van der Waals surface area contributed by atoms with Crippen molar-refractivity contribution in [3.05, 3.63) is 65.5 Å². The average Bonchev–Trinajstić information content (AvgIpc) is 2.40. The highest BCUT2D eigenvalue weighted by molar-refractivity contribution is 5.97. The molecule has 0 aromatic heterocycles. The van der Waals surface area contributed by atoms with Crippen LogP contribution in [0.1, 0.15) is 10.4 Å². The molecule has 0 N–H and O–H groups in total. The van der Waals surface area contributed by atoms with Gasteiger partial charge in [-0.15, -0.1) is 0 Å². The molecule has 0 bridgehead atoms. The van der Waals surface area contributed by atoms with Crippen LogP contribution >= 0.6 is 0 Å². The number of Topliss-reactive ketones (excluding diaryl/α,β-unsaturated/α-hetero) is 1. The van der Waals surface area contributed by atoms with Crippen LogP contribution in [0.15, 0.2) is 42.5 Å². The Bertz CT molecular complexity index is 594. The van der Waals surface area contributed by atoms with Gasteiger partial charge in [-0.05, 0) is 36.4 Å². The summed E-state index contributed by atoms with van der Waals surface area (Å²) in [7, 11) is 0. The van der Waals surface area contributed by atoms with E-state index in [1.54, 1.807) is 0 Å². The topological polar surface area (TPSA) is 26.3 Å². The van der Waals surface area contributed by atoms with E-state index in [1.807, 2.05) is 0 Å². The van der Waals surface area contributed by atoms with Crippen LogP contribution in [-0.2, 0) is 0 Å². The predicted octanol–water partition coefficient (Wildman–Crippen LogP) is 3.37. The number of ether oxygens (including phenoxy) is 1. The Morgan fingerprint density at radius 3 is 2.26 bits per heavy atom. The highest BCUT2D eigenvalue weighted by Crippen LogP contribution is 2.18. The molecule has 5 heteroatoms. The third-order valence-electron chi connectivity index (χ3n) is 2.42. The summed E-state index contributed by atoms with van der Waals surface area (Å²) in [5, 5.41) is 0. The Morgan fingerprint density at radius 2 is 1.58 bits per heavy atom. The van der Waals surface area contributed by atoms with Crippen LogP contribution in [-0.4, -0.2) is 12.4 Å². The second kappa shape index (κ2) is 5.56. The first-order valence-electron chi connectivity index (χ1n) is 5.43.